The van der Waals surface area contributed by atoms with Crippen molar-refractivity contribution in [1.82, 2.24) is 0 Å². The molecule has 0 aliphatic heterocycles. The highest BCUT2D eigenvalue weighted by Crippen LogP contribution is 2.39. The Balaban J connectivity index is 2.28. The largest absolute Gasteiger partial charge is 0.302 e. The molecule has 0 fully saturated rings. The summed E-state index contributed by atoms with van der Waals surface area (Å²) in [5, 5.41) is 0. The number of hydrogen-bond acceptors (Lipinski definition) is 1. The summed E-state index contributed by atoms with van der Waals surface area (Å²) < 4.78 is 0. The maximum absolute atomic E-state index is 11.3. The highest BCUT2D eigenvalue weighted by atomic mass is 16.1. The Morgan fingerprint density at radius 2 is 2.20 bits per heavy atom. The molecule has 0 aromatic carbocycles. The maximum atomic E-state index is 11.3. The standard InChI is InChI=1S/C14H20O/c1-10-5-3-6-11(2)14(10)13(9-15)12-7-4-8-12/h7,9-10,13H,3-6,8H2,1-2H3. The smallest absolute Gasteiger partial charge is 0.131 e. The molecule has 1 heteroatoms. The van der Waals surface area contributed by atoms with Crippen molar-refractivity contribution in [2.75, 3.05) is 0 Å². The summed E-state index contributed by atoms with van der Waals surface area (Å²) in [5.41, 5.74) is 4.27. The lowest BCUT2D eigenvalue weighted by Gasteiger charge is -2.32. The average molecular weight is 204 g/mol. The van der Waals surface area contributed by atoms with Crippen LogP contribution in [0.2, 0.25) is 0 Å². The molecule has 0 spiro atoms. The van der Waals surface area contributed by atoms with Gasteiger partial charge in [-0.3, -0.25) is 0 Å². The molecule has 0 aromatic heterocycles. The Kier molecular flexibility index (Phi) is 3.08. The van der Waals surface area contributed by atoms with E-state index in [1.807, 2.05) is 0 Å². The van der Waals surface area contributed by atoms with E-state index in [1.54, 1.807) is 0 Å². The predicted molar refractivity (Wildman–Crippen MR) is 62.6 cm³/mol. The van der Waals surface area contributed by atoms with Crippen LogP contribution in [-0.2, 0) is 4.79 Å². The van der Waals surface area contributed by atoms with E-state index in [0.717, 1.165) is 12.7 Å². The van der Waals surface area contributed by atoms with Gasteiger partial charge in [0.2, 0.25) is 0 Å². The summed E-state index contributed by atoms with van der Waals surface area (Å²) >= 11 is 0. The van der Waals surface area contributed by atoms with Crippen molar-refractivity contribution in [2.45, 2.75) is 46.0 Å². The number of carbonyl (C=O) groups is 1. The van der Waals surface area contributed by atoms with Crippen molar-refractivity contribution >= 4 is 6.29 Å². The van der Waals surface area contributed by atoms with Gasteiger partial charge in [0.05, 0.1) is 5.92 Å². The number of carbonyl (C=O) groups excluding carboxylic acids is 1. The van der Waals surface area contributed by atoms with Gasteiger partial charge in [0.25, 0.3) is 0 Å². The number of aldehydes is 1. The van der Waals surface area contributed by atoms with Crippen LogP contribution in [0.15, 0.2) is 22.8 Å². The third kappa shape index (κ3) is 1.92. The van der Waals surface area contributed by atoms with E-state index in [0.29, 0.717) is 5.92 Å². The Morgan fingerprint density at radius 1 is 1.47 bits per heavy atom. The average Bonchev–Trinajstić information content (AvgIpc) is 2.12. The zero-order chi connectivity index (χ0) is 10.8. The van der Waals surface area contributed by atoms with Gasteiger partial charge in [-0.15, -0.1) is 0 Å². The molecule has 2 unspecified atom stereocenters. The molecule has 0 saturated carbocycles. The number of hydrogen-bond donors (Lipinski definition) is 0. The molecular formula is C14H20O. The van der Waals surface area contributed by atoms with E-state index < -0.39 is 0 Å². The summed E-state index contributed by atoms with van der Waals surface area (Å²) in [6.07, 6.45) is 9.43. The van der Waals surface area contributed by atoms with Crippen LogP contribution in [0.4, 0.5) is 0 Å². The monoisotopic (exact) mass is 204 g/mol. The number of allylic oxidation sites excluding steroid dienone is 4. The summed E-state index contributed by atoms with van der Waals surface area (Å²) in [4.78, 5) is 11.3. The SMILES string of the molecule is CC1=C(C(C=O)C2=CCC2)C(C)CCC1. The van der Waals surface area contributed by atoms with E-state index in [2.05, 4.69) is 19.9 Å². The first-order valence-corrected chi connectivity index (χ1v) is 6.07. The van der Waals surface area contributed by atoms with Crippen molar-refractivity contribution in [2.24, 2.45) is 11.8 Å². The molecule has 0 amide bonds. The molecule has 2 atom stereocenters. The highest BCUT2D eigenvalue weighted by molar-refractivity contribution is 5.66. The van der Waals surface area contributed by atoms with E-state index in [1.165, 1.54) is 42.4 Å². The maximum Gasteiger partial charge on any atom is 0.131 e. The second-order valence-electron chi connectivity index (χ2n) is 4.96. The minimum atomic E-state index is 0.119. The van der Waals surface area contributed by atoms with Crippen LogP contribution >= 0.6 is 0 Å². The van der Waals surface area contributed by atoms with Crippen LogP contribution in [0, 0.1) is 11.8 Å². The van der Waals surface area contributed by atoms with Gasteiger partial charge in [0, 0.05) is 0 Å². The first-order valence-electron chi connectivity index (χ1n) is 6.07. The highest BCUT2D eigenvalue weighted by Gasteiger charge is 2.28. The lowest BCUT2D eigenvalue weighted by molar-refractivity contribution is -0.109. The Bertz CT molecular complexity index is 322. The molecule has 0 saturated heterocycles. The van der Waals surface area contributed by atoms with Crippen LogP contribution in [-0.4, -0.2) is 6.29 Å². The molecule has 0 heterocycles. The third-order valence-electron chi connectivity index (χ3n) is 3.92. The number of rotatable bonds is 3. The van der Waals surface area contributed by atoms with Crippen molar-refractivity contribution in [3.05, 3.63) is 22.8 Å². The Labute approximate surface area is 92.3 Å². The van der Waals surface area contributed by atoms with Gasteiger partial charge in [-0.2, -0.15) is 0 Å². The van der Waals surface area contributed by atoms with Gasteiger partial charge in [-0.1, -0.05) is 29.7 Å². The molecule has 0 N–H and O–H groups in total. The van der Waals surface area contributed by atoms with Crippen molar-refractivity contribution < 1.29 is 4.79 Å². The molecular weight excluding hydrogens is 184 g/mol. The zero-order valence-electron chi connectivity index (χ0n) is 9.75. The van der Waals surface area contributed by atoms with Gasteiger partial charge in [-0.05, 0) is 44.9 Å². The van der Waals surface area contributed by atoms with Crippen LogP contribution in [0.3, 0.4) is 0 Å². The van der Waals surface area contributed by atoms with E-state index in [-0.39, 0.29) is 5.92 Å². The van der Waals surface area contributed by atoms with Crippen LogP contribution in [0.5, 0.6) is 0 Å². The first-order chi connectivity index (χ1) is 7.24. The second kappa shape index (κ2) is 4.34. The zero-order valence-corrected chi connectivity index (χ0v) is 9.75. The molecule has 0 bridgehead atoms. The van der Waals surface area contributed by atoms with Crippen molar-refractivity contribution in [1.29, 1.82) is 0 Å². The Hall–Kier alpha value is -0.850. The molecule has 2 aliphatic rings. The summed E-state index contributed by atoms with van der Waals surface area (Å²) in [7, 11) is 0. The quantitative estimate of drug-likeness (QED) is 0.506. The fourth-order valence-corrected chi connectivity index (χ4v) is 2.92. The fourth-order valence-electron chi connectivity index (χ4n) is 2.92. The first kappa shape index (κ1) is 10.7. The lowest BCUT2D eigenvalue weighted by atomic mass is 9.73. The lowest BCUT2D eigenvalue weighted by Crippen LogP contribution is -2.21. The molecule has 2 aliphatic carbocycles. The van der Waals surface area contributed by atoms with Gasteiger partial charge in [-0.25, -0.2) is 0 Å². The van der Waals surface area contributed by atoms with Gasteiger partial charge in [0.1, 0.15) is 6.29 Å². The molecule has 1 nitrogen and oxygen atoms in total. The van der Waals surface area contributed by atoms with Gasteiger partial charge in [0.15, 0.2) is 0 Å². The van der Waals surface area contributed by atoms with Crippen molar-refractivity contribution in [3.8, 4) is 0 Å². The topological polar surface area (TPSA) is 17.1 Å². The van der Waals surface area contributed by atoms with Crippen LogP contribution in [0.1, 0.15) is 46.0 Å². The Morgan fingerprint density at radius 3 is 2.67 bits per heavy atom. The molecule has 2 rings (SSSR count). The summed E-state index contributed by atoms with van der Waals surface area (Å²) in [6.45, 7) is 4.48. The molecule has 15 heavy (non-hydrogen) atoms. The van der Waals surface area contributed by atoms with E-state index in [4.69, 9.17) is 0 Å². The van der Waals surface area contributed by atoms with E-state index in [9.17, 15) is 4.79 Å². The van der Waals surface area contributed by atoms with Crippen LogP contribution in [0.25, 0.3) is 0 Å². The molecule has 0 radical (unpaired) electrons. The molecule has 0 aromatic rings. The summed E-state index contributed by atoms with van der Waals surface area (Å²) in [6, 6.07) is 0. The third-order valence-corrected chi connectivity index (χ3v) is 3.92. The van der Waals surface area contributed by atoms with Crippen molar-refractivity contribution in [3.63, 3.8) is 0 Å². The van der Waals surface area contributed by atoms with Gasteiger partial charge < -0.3 is 4.79 Å². The predicted octanol–water partition coefficient (Wildman–Crippen LogP) is 3.66. The fraction of sp³-hybridized carbons (Fsp3) is 0.643. The van der Waals surface area contributed by atoms with E-state index >= 15 is 0 Å². The normalized spacial score (nSPS) is 28.1. The van der Waals surface area contributed by atoms with Crippen LogP contribution < -0.4 is 0 Å². The summed E-state index contributed by atoms with van der Waals surface area (Å²) in [5.74, 6) is 0.726. The molecule has 82 valence electrons. The van der Waals surface area contributed by atoms with Gasteiger partial charge >= 0.3 is 0 Å². The minimum absolute atomic E-state index is 0.119. The second-order valence-corrected chi connectivity index (χ2v) is 4.96. The minimum Gasteiger partial charge on any atom is -0.302 e.